The molecule has 1 aliphatic rings. The Hall–Kier alpha value is -1.65. The maximum Gasteiger partial charge on any atom is 0.225 e. The number of benzene rings is 1. The molecule has 0 saturated heterocycles. The van der Waals surface area contributed by atoms with Crippen molar-refractivity contribution in [1.82, 2.24) is 5.32 Å². The smallest absolute Gasteiger partial charge is 0.225 e. The van der Waals surface area contributed by atoms with Gasteiger partial charge in [-0.25, -0.2) is 0 Å². The van der Waals surface area contributed by atoms with Crippen LogP contribution in [-0.4, -0.2) is 5.91 Å². The number of nitrogens with one attached hydrogen (secondary N) is 1. The molecule has 1 aromatic carbocycles. The minimum Gasteiger partial charge on any atom is -0.349 e. The zero-order valence-corrected chi connectivity index (χ0v) is 13.6. The monoisotopic (exact) mass is 314 g/mol. The Balaban J connectivity index is 1.68. The predicted octanol–water partition coefficient (Wildman–Crippen LogP) is 3.58. The van der Waals surface area contributed by atoms with Crippen molar-refractivity contribution in [3.8, 4) is 0 Å². The van der Waals surface area contributed by atoms with E-state index in [0.717, 1.165) is 24.8 Å². The summed E-state index contributed by atoms with van der Waals surface area (Å²) in [5.41, 5.74) is 8.56. The first-order chi connectivity index (χ1) is 10.7. The molecule has 3 nitrogen and oxygen atoms in total. The lowest BCUT2D eigenvalue weighted by atomic mass is 9.91. The Morgan fingerprint density at radius 2 is 2.09 bits per heavy atom. The van der Waals surface area contributed by atoms with Crippen LogP contribution in [0.1, 0.15) is 47.9 Å². The standard InChI is InChI=1S/C18H22N2OS/c1-12(17(19)13-6-3-2-4-7-13)18(21)20-15-8-5-9-16-14(15)10-11-22-16/h2-4,6-7,10-12,15,17H,5,8-9,19H2,1H3,(H,20,21). The number of amides is 1. The SMILES string of the molecule is CC(C(=O)NC1CCCc2sccc21)C(N)c1ccccc1. The molecule has 116 valence electrons. The van der Waals surface area contributed by atoms with E-state index in [9.17, 15) is 4.79 Å². The Labute approximate surface area is 135 Å². The molecule has 22 heavy (non-hydrogen) atoms. The molecule has 3 N–H and O–H groups in total. The van der Waals surface area contributed by atoms with Crippen LogP contribution in [0.3, 0.4) is 0 Å². The second-order valence-corrected chi connectivity index (χ2v) is 6.98. The van der Waals surface area contributed by atoms with Gasteiger partial charge in [-0.15, -0.1) is 11.3 Å². The zero-order chi connectivity index (χ0) is 15.5. The van der Waals surface area contributed by atoms with E-state index < -0.39 is 0 Å². The Morgan fingerprint density at radius 3 is 2.86 bits per heavy atom. The van der Waals surface area contributed by atoms with Crippen molar-refractivity contribution in [3.05, 3.63) is 57.8 Å². The van der Waals surface area contributed by atoms with Gasteiger partial charge in [-0.3, -0.25) is 4.79 Å². The fraction of sp³-hybridized carbons (Fsp3) is 0.389. The summed E-state index contributed by atoms with van der Waals surface area (Å²) < 4.78 is 0. The number of thiophene rings is 1. The van der Waals surface area contributed by atoms with Crippen LogP contribution in [0.2, 0.25) is 0 Å². The molecule has 3 rings (SSSR count). The summed E-state index contributed by atoms with van der Waals surface area (Å²) in [6, 6.07) is 11.8. The van der Waals surface area contributed by atoms with Gasteiger partial charge in [0.15, 0.2) is 0 Å². The van der Waals surface area contributed by atoms with Gasteiger partial charge in [0.2, 0.25) is 5.91 Å². The van der Waals surface area contributed by atoms with Crippen LogP contribution in [-0.2, 0) is 11.2 Å². The highest BCUT2D eigenvalue weighted by Gasteiger charge is 2.27. The van der Waals surface area contributed by atoms with E-state index >= 15 is 0 Å². The van der Waals surface area contributed by atoms with Crippen LogP contribution >= 0.6 is 11.3 Å². The molecule has 3 unspecified atom stereocenters. The molecule has 2 aromatic rings. The van der Waals surface area contributed by atoms with Gasteiger partial charge >= 0.3 is 0 Å². The summed E-state index contributed by atoms with van der Waals surface area (Å²) in [4.78, 5) is 14.0. The highest BCUT2D eigenvalue weighted by molar-refractivity contribution is 7.10. The fourth-order valence-corrected chi connectivity index (χ4v) is 4.05. The largest absolute Gasteiger partial charge is 0.349 e. The average molecular weight is 314 g/mol. The molecule has 4 heteroatoms. The number of hydrogen-bond acceptors (Lipinski definition) is 3. The second-order valence-electron chi connectivity index (χ2n) is 5.98. The lowest BCUT2D eigenvalue weighted by Gasteiger charge is -2.27. The molecule has 0 bridgehead atoms. The molecule has 1 amide bonds. The van der Waals surface area contributed by atoms with Gasteiger partial charge in [-0.1, -0.05) is 37.3 Å². The number of hydrogen-bond donors (Lipinski definition) is 2. The molecular formula is C18H22N2OS. The third-order valence-electron chi connectivity index (χ3n) is 4.51. The highest BCUT2D eigenvalue weighted by Crippen LogP contribution is 2.33. The minimum absolute atomic E-state index is 0.0420. The molecule has 0 spiro atoms. The summed E-state index contributed by atoms with van der Waals surface area (Å²) in [5.74, 6) is -0.202. The average Bonchev–Trinajstić information content (AvgIpc) is 3.04. The summed E-state index contributed by atoms with van der Waals surface area (Å²) in [7, 11) is 0. The van der Waals surface area contributed by atoms with Gasteiger partial charge in [0.05, 0.1) is 12.0 Å². The molecule has 1 heterocycles. The number of aryl methyl sites for hydroxylation is 1. The van der Waals surface area contributed by atoms with Crippen molar-refractivity contribution in [3.63, 3.8) is 0 Å². The Bertz CT molecular complexity index is 638. The van der Waals surface area contributed by atoms with E-state index in [0.29, 0.717) is 0 Å². The lowest BCUT2D eigenvalue weighted by Crippen LogP contribution is -2.38. The molecule has 0 fully saturated rings. The van der Waals surface area contributed by atoms with Crippen molar-refractivity contribution < 1.29 is 4.79 Å². The zero-order valence-electron chi connectivity index (χ0n) is 12.8. The summed E-state index contributed by atoms with van der Waals surface area (Å²) in [5, 5.41) is 5.32. The van der Waals surface area contributed by atoms with E-state index in [4.69, 9.17) is 5.73 Å². The van der Waals surface area contributed by atoms with Crippen LogP contribution in [0.15, 0.2) is 41.8 Å². The number of carbonyl (C=O) groups excluding carboxylic acids is 1. The normalized spacial score (nSPS) is 20.0. The third-order valence-corrected chi connectivity index (χ3v) is 5.50. The highest BCUT2D eigenvalue weighted by atomic mass is 32.1. The second kappa shape index (κ2) is 6.63. The first-order valence-electron chi connectivity index (χ1n) is 7.84. The fourth-order valence-electron chi connectivity index (χ4n) is 3.07. The Kier molecular flexibility index (Phi) is 4.60. The van der Waals surface area contributed by atoms with Crippen LogP contribution in [0, 0.1) is 5.92 Å². The molecule has 0 aliphatic heterocycles. The van der Waals surface area contributed by atoms with Gasteiger partial charge in [-0.05, 0) is 41.8 Å². The molecular weight excluding hydrogens is 292 g/mol. The molecule has 0 radical (unpaired) electrons. The van der Waals surface area contributed by atoms with E-state index in [1.165, 1.54) is 10.4 Å². The van der Waals surface area contributed by atoms with Gasteiger partial charge in [0, 0.05) is 10.9 Å². The summed E-state index contributed by atoms with van der Waals surface area (Å²) in [6.45, 7) is 1.91. The number of fused-ring (bicyclic) bond motifs is 1. The van der Waals surface area contributed by atoms with E-state index in [1.54, 1.807) is 11.3 Å². The van der Waals surface area contributed by atoms with Crippen LogP contribution in [0.25, 0.3) is 0 Å². The van der Waals surface area contributed by atoms with Gasteiger partial charge < -0.3 is 11.1 Å². The topological polar surface area (TPSA) is 55.1 Å². The van der Waals surface area contributed by atoms with Crippen molar-refractivity contribution in [2.75, 3.05) is 0 Å². The van der Waals surface area contributed by atoms with Crippen molar-refractivity contribution in [2.24, 2.45) is 11.7 Å². The molecule has 3 atom stereocenters. The number of nitrogens with two attached hydrogens (primary N) is 1. The van der Waals surface area contributed by atoms with Crippen LogP contribution in [0.4, 0.5) is 0 Å². The van der Waals surface area contributed by atoms with Crippen molar-refractivity contribution in [1.29, 1.82) is 0 Å². The van der Waals surface area contributed by atoms with Crippen LogP contribution in [0.5, 0.6) is 0 Å². The van der Waals surface area contributed by atoms with Crippen molar-refractivity contribution >= 4 is 17.2 Å². The predicted molar refractivity (Wildman–Crippen MR) is 90.7 cm³/mol. The lowest BCUT2D eigenvalue weighted by molar-refractivity contribution is -0.126. The van der Waals surface area contributed by atoms with Gasteiger partial charge in [0.1, 0.15) is 0 Å². The van der Waals surface area contributed by atoms with E-state index in [-0.39, 0.29) is 23.9 Å². The maximum absolute atomic E-state index is 12.6. The molecule has 1 aliphatic carbocycles. The molecule has 0 saturated carbocycles. The van der Waals surface area contributed by atoms with E-state index in [2.05, 4.69) is 16.8 Å². The third kappa shape index (κ3) is 3.08. The number of carbonyl (C=O) groups is 1. The molecule has 1 aromatic heterocycles. The van der Waals surface area contributed by atoms with Crippen molar-refractivity contribution in [2.45, 2.75) is 38.3 Å². The summed E-state index contributed by atoms with van der Waals surface area (Å²) >= 11 is 1.79. The minimum atomic E-state index is -0.272. The first kappa shape index (κ1) is 15.3. The first-order valence-corrected chi connectivity index (χ1v) is 8.72. The van der Waals surface area contributed by atoms with Gasteiger partial charge in [-0.2, -0.15) is 0 Å². The number of rotatable bonds is 4. The van der Waals surface area contributed by atoms with E-state index in [1.807, 2.05) is 37.3 Å². The van der Waals surface area contributed by atoms with Gasteiger partial charge in [0.25, 0.3) is 0 Å². The quantitative estimate of drug-likeness (QED) is 0.906. The maximum atomic E-state index is 12.6. The van der Waals surface area contributed by atoms with Crippen LogP contribution < -0.4 is 11.1 Å². The Morgan fingerprint density at radius 1 is 1.32 bits per heavy atom. The summed E-state index contributed by atoms with van der Waals surface area (Å²) in [6.07, 6.45) is 3.29.